The lowest BCUT2D eigenvalue weighted by Gasteiger charge is -2.18. The zero-order valence-corrected chi connectivity index (χ0v) is 10.6. The zero-order chi connectivity index (χ0) is 13.7. The molecule has 1 fully saturated rings. The lowest BCUT2D eigenvalue weighted by atomic mass is 10.0. The maximum absolute atomic E-state index is 11.5. The van der Waals surface area contributed by atoms with Crippen LogP contribution >= 0.6 is 0 Å². The largest absolute Gasteiger partial charge is 0.377 e. The zero-order valence-electron chi connectivity index (χ0n) is 10.6. The van der Waals surface area contributed by atoms with E-state index in [1.165, 1.54) is 0 Å². The number of carbonyl (C=O) groups excluding carboxylic acids is 1. The van der Waals surface area contributed by atoms with Crippen LogP contribution in [0.2, 0.25) is 0 Å². The number of rotatable bonds is 5. The van der Waals surface area contributed by atoms with E-state index < -0.39 is 11.9 Å². The molecule has 1 saturated heterocycles. The maximum Gasteiger partial charge on any atom is 0.239 e. The number of nitriles is 1. The van der Waals surface area contributed by atoms with E-state index in [4.69, 9.17) is 15.7 Å². The van der Waals surface area contributed by atoms with E-state index in [-0.39, 0.29) is 6.10 Å². The van der Waals surface area contributed by atoms with Crippen LogP contribution in [0.1, 0.15) is 30.0 Å². The van der Waals surface area contributed by atoms with Crippen molar-refractivity contribution in [2.75, 3.05) is 13.2 Å². The highest BCUT2D eigenvalue weighted by Gasteiger charge is 2.21. The van der Waals surface area contributed by atoms with Gasteiger partial charge in [-0.15, -0.1) is 0 Å². The van der Waals surface area contributed by atoms with E-state index in [2.05, 4.69) is 5.32 Å². The number of nitrogens with two attached hydrogens (primary N) is 1. The Morgan fingerprint density at radius 3 is 2.79 bits per heavy atom. The van der Waals surface area contributed by atoms with Crippen LogP contribution in [0.4, 0.5) is 0 Å². The molecule has 19 heavy (non-hydrogen) atoms. The van der Waals surface area contributed by atoms with Crippen molar-refractivity contribution in [2.45, 2.75) is 25.0 Å². The Balaban J connectivity index is 2.01. The van der Waals surface area contributed by atoms with Crippen LogP contribution in [0.3, 0.4) is 0 Å². The predicted molar refractivity (Wildman–Crippen MR) is 70.1 cm³/mol. The molecule has 2 unspecified atom stereocenters. The number of carbonyl (C=O) groups is 1. The summed E-state index contributed by atoms with van der Waals surface area (Å²) < 4.78 is 5.50. The molecule has 5 heteroatoms. The summed E-state index contributed by atoms with van der Waals surface area (Å²) in [6.45, 7) is 1.39. The molecule has 100 valence electrons. The van der Waals surface area contributed by atoms with Gasteiger partial charge >= 0.3 is 0 Å². The van der Waals surface area contributed by atoms with Gasteiger partial charge in [-0.25, -0.2) is 0 Å². The van der Waals surface area contributed by atoms with Crippen molar-refractivity contribution in [1.29, 1.82) is 5.26 Å². The SMILES string of the molecule is N#Cc1ccc(C(NCC2CCCO2)C(N)=O)cc1. The average Bonchev–Trinajstić information content (AvgIpc) is 2.92. The van der Waals surface area contributed by atoms with Crippen LogP contribution in [-0.2, 0) is 9.53 Å². The first kappa shape index (κ1) is 13.5. The first-order valence-corrected chi connectivity index (χ1v) is 6.35. The molecule has 0 aliphatic carbocycles. The summed E-state index contributed by atoms with van der Waals surface area (Å²) in [7, 11) is 0. The number of benzene rings is 1. The van der Waals surface area contributed by atoms with Crippen molar-refractivity contribution in [3.05, 3.63) is 35.4 Å². The van der Waals surface area contributed by atoms with E-state index in [1.807, 2.05) is 6.07 Å². The third-order valence-corrected chi connectivity index (χ3v) is 3.23. The molecule has 0 bridgehead atoms. The van der Waals surface area contributed by atoms with Gasteiger partial charge in [-0.1, -0.05) is 12.1 Å². The topological polar surface area (TPSA) is 88.1 Å². The molecule has 3 N–H and O–H groups in total. The highest BCUT2D eigenvalue weighted by molar-refractivity contribution is 5.81. The number of amides is 1. The summed E-state index contributed by atoms with van der Waals surface area (Å²) >= 11 is 0. The number of primary amides is 1. The van der Waals surface area contributed by atoms with Crippen LogP contribution < -0.4 is 11.1 Å². The van der Waals surface area contributed by atoms with E-state index in [0.717, 1.165) is 25.0 Å². The van der Waals surface area contributed by atoms with Crippen LogP contribution in [0.5, 0.6) is 0 Å². The minimum absolute atomic E-state index is 0.153. The Morgan fingerprint density at radius 1 is 1.53 bits per heavy atom. The molecule has 5 nitrogen and oxygen atoms in total. The van der Waals surface area contributed by atoms with Crippen molar-refractivity contribution in [2.24, 2.45) is 5.73 Å². The number of hydrogen-bond acceptors (Lipinski definition) is 4. The Labute approximate surface area is 112 Å². The summed E-state index contributed by atoms with van der Waals surface area (Å²) in [6.07, 6.45) is 2.22. The summed E-state index contributed by atoms with van der Waals surface area (Å²) in [5.41, 5.74) is 6.75. The van der Waals surface area contributed by atoms with Gasteiger partial charge in [0, 0.05) is 13.2 Å². The number of nitrogens with one attached hydrogen (secondary N) is 1. The standard InChI is InChI=1S/C14H17N3O2/c15-8-10-3-5-11(6-4-10)13(14(16)18)17-9-12-2-1-7-19-12/h3-6,12-13,17H,1-2,7,9H2,(H2,16,18). The van der Waals surface area contributed by atoms with Crippen LogP contribution in [0.15, 0.2) is 24.3 Å². The Morgan fingerprint density at radius 2 is 2.26 bits per heavy atom. The first-order chi connectivity index (χ1) is 9.20. The molecule has 0 aromatic heterocycles. The number of hydrogen-bond donors (Lipinski definition) is 2. The summed E-state index contributed by atoms with van der Waals surface area (Å²) in [5, 5.41) is 11.9. The molecule has 2 rings (SSSR count). The predicted octanol–water partition coefficient (Wildman–Crippen LogP) is 0.853. The van der Waals surface area contributed by atoms with Crippen molar-refractivity contribution in [3.8, 4) is 6.07 Å². The Hall–Kier alpha value is -1.90. The monoisotopic (exact) mass is 259 g/mol. The van der Waals surface area contributed by atoms with E-state index in [1.54, 1.807) is 24.3 Å². The molecule has 0 radical (unpaired) electrons. The van der Waals surface area contributed by atoms with Crippen molar-refractivity contribution >= 4 is 5.91 Å². The Bertz CT molecular complexity index is 472. The normalized spacial score (nSPS) is 19.8. The summed E-state index contributed by atoms with van der Waals surface area (Å²) in [6, 6.07) is 8.35. The van der Waals surface area contributed by atoms with Gasteiger partial charge in [-0.05, 0) is 30.5 Å². The summed E-state index contributed by atoms with van der Waals surface area (Å²) in [5.74, 6) is -0.428. The van der Waals surface area contributed by atoms with E-state index >= 15 is 0 Å². The van der Waals surface area contributed by atoms with Crippen molar-refractivity contribution < 1.29 is 9.53 Å². The third kappa shape index (κ3) is 3.53. The highest BCUT2D eigenvalue weighted by Crippen LogP contribution is 2.16. The van der Waals surface area contributed by atoms with Gasteiger partial charge in [0.2, 0.25) is 5.91 Å². The molecule has 1 aliphatic heterocycles. The lowest BCUT2D eigenvalue weighted by molar-refractivity contribution is -0.120. The van der Waals surface area contributed by atoms with Gasteiger partial charge < -0.3 is 10.5 Å². The highest BCUT2D eigenvalue weighted by atomic mass is 16.5. The van der Waals surface area contributed by atoms with Crippen molar-refractivity contribution in [3.63, 3.8) is 0 Å². The molecular formula is C14H17N3O2. The molecule has 0 saturated carbocycles. The van der Waals surface area contributed by atoms with Gasteiger partial charge in [-0.3, -0.25) is 10.1 Å². The van der Waals surface area contributed by atoms with Gasteiger partial charge in [0.15, 0.2) is 0 Å². The van der Waals surface area contributed by atoms with Crippen LogP contribution in [0, 0.1) is 11.3 Å². The minimum atomic E-state index is -0.544. The third-order valence-electron chi connectivity index (χ3n) is 3.23. The second kappa shape index (κ2) is 6.32. The molecule has 1 aromatic rings. The molecule has 2 atom stereocenters. The lowest BCUT2D eigenvalue weighted by Crippen LogP contribution is -2.37. The number of ether oxygens (including phenoxy) is 1. The maximum atomic E-state index is 11.5. The summed E-state index contributed by atoms with van der Waals surface area (Å²) in [4.78, 5) is 11.5. The van der Waals surface area contributed by atoms with E-state index in [0.29, 0.717) is 12.1 Å². The van der Waals surface area contributed by atoms with Gasteiger partial charge in [0.1, 0.15) is 6.04 Å². The Kier molecular flexibility index (Phi) is 4.50. The molecule has 1 heterocycles. The average molecular weight is 259 g/mol. The fraction of sp³-hybridized carbons (Fsp3) is 0.429. The van der Waals surface area contributed by atoms with Gasteiger partial charge in [0.05, 0.1) is 17.7 Å². The molecular weight excluding hydrogens is 242 g/mol. The fourth-order valence-corrected chi connectivity index (χ4v) is 2.19. The molecule has 1 aromatic carbocycles. The van der Waals surface area contributed by atoms with Crippen molar-refractivity contribution in [1.82, 2.24) is 5.32 Å². The second-order valence-electron chi connectivity index (χ2n) is 4.61. The molecule has 1 amide bonds. The van der Waals surface area contributed by atoms with Crippen LogP contribution in [-0.4, -0.2) is 25.2 Å². The van der Waals surface area contributed by atoms with Crippen LogP contribution in [0.25, 0.3) is 0 Å². The second-order valence-corrected chi connectivity index (χ2v) is 4.61. The van der Waals surface area contributed by atoms with E-state index in [9.17, 15) is 4.79 Å². The number of nitrogens with zero attached hydrogens (tertiary/aromatic N) is 1. The van der Waals surface area contributed by atoms with Gasteiger partial charge in [0.25, 0.3) is 0 Å². The minimum Gasteiger partial charge on any atom is -0.377 e. The fourth-order valence-electron chi connectivity index (χ4n) is 2.19. The quantitative estimate of drug-likeness (QED) is 0.820. The smallest absolute Gasteiger partial charge is 0.239 e. The van der Waals surface area contributed by atoms with Gasteiger partial charge in [-0.2, -0.15) is 5.26 Å². The molecule has 1 aliphatic rings. The first-order valence-electron chi connectivity index (χ1n) is 6.35. The molecule has 0 spiro atoms.